The topological polar surface area (TPSA) is 80.8 Å². The van der Waals surface area contributed by atoms with E-state index in [1.165, 1.54) is 0 Å². The molecular formula is C23H23NO5. The number of ether oxygens (including phenoxy) is 1. The number of Topliss-reactive ketones (excluding diaryl/α,β-unsaturated/α-hetero) is 1. The van der Waals surface area contributed by atoms with Crippen molar-refractivity contribution in [2.75, 3.05) is 13.2 Å². The van der Waals surface area contributed by atoms with Gasteiger partial charge in [-0.25, -0.2) is 0 Å². The van der Waals surface area contributed by atoms with E-state index in [9.17, 15) is 19.2 Å². The maximum atomic E-state index is 12.5. The van der Waals surface area contributed by atoms with Gasteiger partial charge in [-0.2, -0.15) is 0 Å². The molecule has 2 aromatic carbocycles. The standard InChI is InChI=1S/C23H23NO5/c1-3-15(2)16-8-10-17(11-9-16)20(25)14-29-22(27)13-24-21(26)12-18-6-4-5-7-19(18)23(24)28/h4-11,15H,3,12-14H2,1-2H3/t15-/m0/s1. The Labute approximate surface area is 169 Å². The van der Waals surface area contributed by atoms with Crippen LogP contribution in [0.5, 0.6) is 0 Å². The molecule has 0 spiro atoms. The molecule has 1 aliphatic heterocycles. The molecule has 1 heterocycles. The van der Waals surface area contributed by atoms with Crippen molar-refractivity contribution in [3.8, 4) is 0 Å². The molecule has 1 atom stereocenters. The molecule has 0 radical (unpaired) electrons. The minimum Gasteiger partial charge on any atom is -0.456 e. The molecule has 0 N–H and O–H groups in total. The molecule has 2 aromatic rings. The van der Waals surface area contributed by atoms with Crippen LogP contribution in [0.4, 0.5) is 0 Å². The summed E-state index contributed by atoms with van der Waals surface area (Å²) in [6.07, 6.45) is 1.06. The number of carbonyl (C=O) groups is 4. The van der Waals surface area contributed by atoms with E-state index in [4.69, 9.17) is 4.74 Å². The summed E-state index contributed by atoms with van der Waals surface area (Å²) >= 11 is 0. The molecule has 1 aliphatic rings. The highest BCUT2D eigenvalue weighted by Gasteiger charge is 2.32. The number of nitrogens with zero attached hydrogens (tertiary/aromatic N) is 1. The van der Waals surface area contributed by atoms with Gasteiger partial charge < -0.3 is 4.74 Å². The molecule has 3 rings (SSSR count). The van der Waals surface area contributed by atoms with E-state index in [1.54, 1.807) is 36.4 Å². The lowest BCUT2D eigenvalue weighted by Gasteiger charge is -2.25. The summed E-state index contributed by atoms with van der Waals surface area (Å²) in [5.41, 5.74) is 2.63. The Morgan fingerprint density at radius 2 is 1.76 bits per heavy atom. The number of hydrogen-bond acceptors (Lipinski definition) is 5. The second-order valence-corrected chi connectivity index (χ2v) is 7.13. The van der Waals surface area contributed by atoms with Crippen molar-refractivity contribution in [1.29, 1.82) is 0 Å². The number of esters is 1. The van der Waals surface area contributed by atoms with Crippen LogP contribution in [-0.4, -0.2) is 41.6 Å². The molecule has 2 amide bonds. The lowest BCUT2D eigenvalue weighted by molar-refractivity contribution is -0.146. The molecule has 6 heteroatoms. The molecule has 0 saturated carbocycles. The van der Waals surface area contributed by atoms with Crippen LogP contribution in [0, 0.1) is 0 Å². The molecule has 150 valence electrons. The number of ketones is 1. The highest BCUT2D eigenvalue weighted by atomic mass is 16.5. The van der Waals surface area contributed by atoms with Crippen LogP contribution < -0.4 is 0 Å². The Hall–Kier alpha value is -3.28. The first kappa shape index (κ1) is 20.5. The summed E-state index contributed by atoms with van der Waals surface area (Å²) in [6.45, 7) is 3.26. The molecule has 0 fully saturated rings. The van der Waals surface area contributed by atoms with E-state index in [-0.39, 0.29) is 12.2 Å². The lowest BCUT2D eigenvalue weighted by atomic mass is 9.97. The van der Waals surface area contributed by atoms with Gasteiger partial charge in [-0.1, -0.05) is 56.3 Å². The van der Waals surface area contributed by atoms with Gasteiger partial charge in [0.2, 0.25) is 5.91 Å². The van der Waals surface area contributed by atoms with Gasteiger partial charge >= 0.3 is 5.97 Å². The lowest BCUT2D eigenvalue weighted by Crippen LogP contribution is -2.45. The first-order chi connectivity index (χ1) is 13.9. The third kappa shape index (κ3) is 4.59. The summed E-state index contributed by atoms with van der Waals surface area (Å²) in [4.78, 5) is 49.9. The number of carbonyl (C=O) groups excluding carboxylic acids is 4. The van der Waals surface area contributed by atoms with Crippen LogP contribution in [0.2, 0.25) is 0 Å². The van der Waals surface area contributed by atoms with Gasteiger partial charge in [0.1, 0.15) is 6.54 Å². The first-order valence-corrected chi connectivity index (χ1v) is 9.62. The van der Waals surface area contributed by atoms with Crippen LogP contribution in [0.25, 0.3) is 0 Å². The normalized spacial score (nSPS) is 14.3. The highest BCUT2D eigenvalue weighted by Crippen LogP contribution is 2.20. The Kier molecular flexibility index (Phi) is 6.22. The minimum absolute atomic E-state index is 0.0522. The molecule has 6 nitrogen and oxygen atoms in total. The zero-order valence-electron chi connectivity index (χ0n) is 16.5. The van der Waals surface area contributed by atoms with Crippen molar-refractivity contribution in [2.24, 2.45) is 0 Å². The van der Waals surface area contributed by atoms with Crippen molar-refractivity contribution < 1.29 is 23.9 Å². The third-order valence-electron chi connectivity index (χ3n) is 5.20. The van der Waals surface area contributed by atoms with E-state index in [1.807, 2.05) is 12.1 Å². The van der Waals surface area contributed by atoms with Crippen LogP contribution in [0.15, 0.2) is 48.5 Å². The average Bonchev–Trinajstić information content (AvgIpc) is 2.74. The van der Waals surface area contributed by atoms with E-state index in [0.29, 0.717) is 22.6 Å². The fourth-order valence-electron chi connectivity index (χ4n) is 3.20. The van der Waals surface area contributed by atoms with Crippen LogP contribution in [0.3, 0.4) is 0 Å². The zero-order chi connectivity index (χ0) is 21.0. The maximum Gasteiger partial charge on any atom is 0.326 e. The SMILES string of the molecule is CC[C@H](C)c1ccc(C(=O)COC(=O)CN2C(=O)Cc3ccccc3C2=O)cc1. The summed E-state index contributed by atoms with van der Waals surface area (Å²) < 4.78 is 5.01. The van der Waals surface area contributed by atoms with Crippen LogP contribution in [0.1, 0.15) is 58.0 Å². The predicted octanol–water partition coefficient (Wildman–Crippen LogP) is 3.15. The molecule has 0 aliphatic carbocycles. The second kappa shape index (κ2) is 8.82. The fraction of sp³-hybridized carbons (Fsp3) is 0.304. The molecule has 0 bridgehead atoms. The quantitative estimate of drug-likeness (QED) is 0.410. The van der Waals surface area contributed by atoms with Crippen LogP contribution >= 0.6 is 0 Å². The van der Waals surface area contributed by atoms with Crippen molar-refractivity contribution in [1.82, 2.24) is 4.90 Å². The van der Waals surface area contributed by atoms with E-state index in [2.05, 4.69) is 13.8 Å². The Morgan fingerprint density at radius 3 is 2.45 bits per heavy atom. The number of amides is 2. The second-order valence-electron chi connectivity index (χ2n) is 7.13. The van der Waals surface area contributed by atoms with E-state index in [0.717, 1.165) is 16.9 Å². The third-order valence-corrected chi connectivity index (χ3v) is 5.20. The summed E-state index contributed by atoms with van der Waals surface area (Å²) in [6, 6.07) is 14.0. The Morgan fingerprint density at radius 1 is 1.07 bits per heavy atom. The van der Waals surface area contributed by atoms with E-state index >= 15 is 0 Å². The Balaban J connectivity index is 1.56. The van der Waals surface area contributed by atoms with Crippen molar-refractivity contribution in [3.63, 3.8) is 0 Å². The Bertz CT molecular complexity index is 948. The summed E-state index contributed by atoms with van der Waals surface area (Å²) in [7, 11) is 0. The number of fused-ring (bicyclic) bond motifs is 1. The van der Waals surface area contributed by atoms with Gasteiger partial charge in [0.15, 0.2) is 12.4 Å². The largest absolute Gasteiger partial charge is 0.456 e. The smallest absolute Gasteiger partial charge is 0.326 e. The number of benzene rings is 2. The monoisotopic (exact) mass is 393 g/mol. The van der Waals surface area contributed by atoms with Gasteiger partial charge in [0, 0.05) is 11.1 Å². The van der Waals surface area contributed by atoms with E-state index < -0.39 is 30.9 Å². The summed E-state index contributed by atoms with van der Waals surface area (Å²) in [5, 5.41) is 0. The highest BCUT2D eigenvalue weighted by molar-refractivity contribution is 6.11. The molecular weight excluding hydrogens is 370 g/mol. The zero-order valence-corrected chi connectivity index (χ0v) is 16.5. The van der Waals surface area contributed by atoms with Crippen LogP contribution in [-0.2, 0) is 20.7 Å². The number of hydrogen-bond donors (Lipinski definition) is 0. The summed E-state index contributed by atoms with van der Waals surface area (Å²) in [5.74, 6) is -1.72. The molecule has 0 aromatic heterocycles. The average molecular weight is 393 g/mol. The van der Waals surface area contributed by atoms with Gasteiger partial charge in [-0.05, 0) is 29.5 Å². The van der Waals surface area contributed by atoms with Crippen molar-refractivity contribution in [2.45, 2.75) is 32.6 Å². The predicted molar refractivity (Wildman–Crippen MR) is 107 cm³/mol. The van der Waals surface area contributed by atoms with Gasteiger partial charge in [0.25, 0.3) is 5.91 Å². The first-order valence-electron chi connectivity index (χ1n) is 9.62. The fourth-order valence-corrected chi connectivity index (χ4v) is 3.20. The molecule has 0 saturated heterocycles. The van der Waals surface area contributed by atoms with Gasteiger partial charge in [-0.15, -0.1) is 0 Å². The van der Waals surface area contributed by atoms with Crippen molar-refractivity contribution in [3.05, 3.63) is 70.8 Å². The van der Waals surface area contributed by atoms with Gasteiger partial charge in [-0.3, -0.25) is 24.1 Å². The minimum atomic E-state index is -0.796. The van der Waals surface area contributed by atoms with Crippen molar-refractivity contribution >= 4 is 23.6 Å². The molecule has 29 heavy (non-hydrogen) atoms. The number of rotatable bonds is 7. The molecule has 0 unspecified atom stereocenters. The number of imide groups is 1. The van der Waals surface area contributed by atoms with Gasteiger partial charge in [0.05, 0.1) is 6.42 Å². The maximum absolute atomic E-state index is 12.5.